The van der Waals surface area contributed by atoms with Gasteiger partial charge in [0.2, 0.25) is 0 Å². The molecule has 0 amide bonds. The molecule has 1 aromatic heterocycles. The lowest BCUT2D eigenvalue weighted by Crippen LogP contribution is -1.98. The molecule has 0 atom stereocenters. The van der Waals surface area contributed by atoms with Crippen molar-refractivity contribution >= 4 is 44.9 Å². The van der Waals surface area contributed by atoms with Crippen LogP contribution in [0.15, 0.2) is 28.9 Å². The van der Waals surface area contributed by atoms with Crippen molar-refractivity contribution in [3.8, 4) is 11.4 Å². The molecule has 17 heavy (non-hydrogen) atoms. The maximum Gasteiger partial charge on any atom is 0.163 e. The van der Waals surface area contributed by atoms with Gasteiger partial charge < -0.3 is 5.32 Å². The summed E-state index contributed by atoms with van der Waals surface area (Å²) < 4.78 is 0.793. The lowest BCUT2D eigenvalue weighted by Gasteiger charge is -2.07. The van der Waals surface area contributed by atoms with Crippen LogP contribution in [0.5, 0.6) is 0 Å². The third kappa shape index (κ3) is 2.54. The molecule has 2 aromatic rings. The fraction of sp³-hybridized carbons (Fsp3) is 0.0909. The molecule has 0 fully saturated rings. The van der Waals surface area contributed by atoms with Gasteiger partial charge in [-0.3, -0.25) is 0 Å². The Morgan fingerprint density at radius 1 is 1.29 bits per heavy atom. The molecule has 0 aliphatic carbocycles. The Kier molecular flexibility index (Phi) is 3.86. The van der Waals surface area contributed by atoms with Gasteiger partial charge in [0.25, 0.3) is 0 Å². The van der Waals surface area contributed by atoms with Crippen LogP contribution in [0.4, 0.5) is 5.82 Å². The van der Waals surface area contributed by atoms with Crippen molar-refractivity contribution < 1.29 is 0 Å². The lowest BCUT2D eigenvalue weighted by molar-refractivity contribution is 1.15. The molecule has 0 bridgehead atoms. The molecule has 0 aliphatic heterocycles. The molecular formula is C11H8BrCl2N3. The highest BCUT2D eigenvalue weighted by molar-refractivity contribution is 9.10. The second-order valence-corrected chi connectivity index (χ2v) is 4.88. The third-order valence-corrected chi connectivity index (χ3v) is 3.57. The first-order valence-electron chi connectivity index (χ1n) is 4.78. The number of halogens is 3. The number of hydrogen-bond donors (Lipinski definition) is 1. The van der Waals surface area contributed by atoms with Gasteiger partial charge in [0, 0.05) is 18.8 Å². The molecular weight excluding hydrogens is 325 g/mol. The first kappa shape index (κ1) is 12.6. The van der Waals surface area contributed by atoms with E-state index in [1.807, 2.05) is 12.1 Å². The topological polar surface area (TPSA) is 37.8 Å². The summed E-state index contributed by atoms with van der Waals surface area (Å²) in [6, 6.07) is 5.37. The smallest absolute Gasteiger partial charge is 0.163 e. The Morgan fingerprint density at radius 2 is 2.06 bits per heavy atom. The van der Waals surface area contributed by atoms with Crippen LogP contribution < -0.4 is 5.32 Å². The third-order valence-electron chi connectivity index (χ3n) is 2.17. The minimum atomic E-state index is 0.457. The zero-order valence-electron chi connectivity index (χ0n) is 8.84. The second kappa shape index (κ2) is 5.21. The number of anilines is 1. The monoisotopic (exact) mass is 331 g/mol. The molecule has 0 saturated heterocycles. The number of hydrogen-bond acceptors (Lipinski definition) is 3. The van der Waals surface area contributed by atoms with E-state index < -0.39 is 0 Å². The van der Waals surface area contributed by atoms with E-state index in [1.54, 1.807) is 19.3 Å². The summed E-state index contributed by atoms with van der Waals surface area (Å²) in [4.78, 5) is 8.57. The number of benzene rings is 1. The molecule has 1 N–H and O–H groups in total. The summed E-state index contributed by atoms with van der Waals surface area (Å²) in [5.74, 6) is 1.23. The molecule has 3 nitrogen and oxygen atoms in total. The van der Waals surface area contributed by atoms with Gasteiger partial charge in [0.05, 0.1) is 14.5 Å². The van der Waals surface area contributed by atoms with E-state index in [0.717, 1.165) is 4.47 Å². The first-order chi connectivity index (χ1) is 8.13. The fourth-order valence-electron chi connectivity index (χ4n) is 1.35. The molecule has 0 saturated carbocycles. The van der Waals surface area contributed by atoms with Crippen LogP contribution in [0.2, 0.25) is 10.0 Å². The molecule has 0 radical (unpaired) electrons. The highest BCUT2D eigenvalue weighted by atomic mass is 79.9. The van der Waals surface area contributed by atoms with Gasteiger partial charge in [0.15, 0.2) is 5.82 Å². The van der Waals surface area contributed by atoms with Crippen LogP contribution >= 0.6 is 39.1 Å². The molecule has 2 rings (SSSR count). The van der Waals surface area contributed by atoms with Crippen molar-refractivity contribution in [2.75, 3.05) is 12.4 Å². The number of nitrogens with one attached hydrogen (secondary N) is 1. The predicted octanol–water partition coefficient (Wildman–Crippen LogP) is 4.25. The number of aromatic nitrogens is 2. The lowest BCUT2D eigenvalue weighted by atomic mass is 10.2. The van der Waals surface area contributed by atoms with Crippen molar-refractivity contribution in [2.45, 2.75) is 0 Å². The maximum absolute atomic E-state index is 6.12. The summed E-state index contributed by atoms with van der Waals surface area (Å²) in [5.41, 5.74) is 0.711. The van der Waals surface area contributed by atoms with E-state index in [9.17, 15) is 0 Å². The van der Waals surface area contributed by atoms with Gasteiger partial charge >= 0.3 is 0 Å². The minimum absolute atomic E-state index is 0.457. The Bertz CT molecular complexity index is 560. The van der Waals surface area contributed by atoms with Gasteiger partial charge in [-0.05, 0) is 28.1 Å². The minimum Gasteiger partial charge on any atom is -0.372 e. The molecule has 88 valence electrons. The largest absolute Gasteiger partial charge is 0.372 e. The average molecular weight is 333 g/mol. The van der Waals surface area contributed by atoms with Crippen LogP contribution in [0.3, 0.4) is 0 Å². The van der Waals surface area contributed by atoms with E-state index in [0.29, 0.717) is 27.3 Å². The van der Waals surface area contributed by atoms with Crippen LogP contribution in [-0.4, -0.2) is 17.0 Å². The van der Waals surface area contributed by atoms with Crippen molar-refractivity contribution in [1.29, 1.82) is 0 Å². The molecule has 1 heterocycles. The highest BCUT2D eigenvalue weighted by Gasteiger charge is 2.11. The van der Waals surface area contributed by atoms with Crippen molar-refractivity contribution in [2.24, 2.45) is 0 Å². The van der Waals surface area contributed by atoms with Gasteiger partial charge in [-0.25, -0.2) is 9.97 Å². The Hall–Kier alpha value is -0.840. The Morgan fingerprint density at radius 3 is 2.76 bits per heavy atom. The highest BCUT2D eigenvalue weighted by Crippen LogP contribution is 2.32. The molecule has 1 aromatic carbocycles. The predicted molar refractivity (Wildman–Crippen MR) is 74.7 cm³/mol. The van der Waals surface area contributed by atoms with Gasteiger partial charge in [-0.1, -0.05) is 29.3 Å². The van der Waals surface area contributed by atoms with Crippen LogP contribution in [0.25, 0.3) is 11.4 Å². The quantitative estimate of drug-likeness (QED) is 0.893. The summed E-state index contributed by atoms with van der Waals surface area (Å²) >= 11 is 15.4. The van der Waals surface area contributed by atoms with Gasteiger partial charge in [-0.15, -0.1) is 0 Å². The zero-order valence-corrected chi connectivity index (χ0v) is 11.9. The summed E-state index contributed by atoms with van der Waals surface area (Å²) in [7, 11) is 1.79. The molecule has 6 heteroatoms. The van der Waals surface area contributed by atoms with E-state index in [2.05, 4.69) is 31.2 Å². The second-order valence-electron chi connectivity index (χ2n) is 3.24. The van der Waals surface area contributed by atoms with Crippen molar-refractivity contribution in [3.05, 3.63) is 38.9 Å². The van der Waals surface area contributed by atoms with E-state index in [4.69, 9.17) is 23.2 Å². The summed E-state index contributed by atoms with van der Waals surface area (Å²) in [5, 5.41) is 3.91. The number of nitrogens with zero attached hydrogens (tertiary/aromatic N) is 2. The Balaban J connectivity index is 2.57. The van der Waals surface area contributed by atoms with E-state index in [1.165, 1.54) is 0 Å². The zero-order chi connectivity index (χ0) is 12.4. The molecule has 0 aliphatic rings. The maximum atomic E-state index is 6.12. The van der Waals surface area contributed by atoms with Crippen molar-refractivity contribution in [1.82, 2.24) is 9.97 Å². The SMILES string of the molecule is CNc1nc(-c2cccc(Cl)c2Cl)ncc1Br. The number of rotatable bonds is 2. The van der Waals surface area contributed by atoms with Gasteiger partial charge in [0.1, 0.15) is 5.82 Å². The molecule has 0 spiro atoms. The standard InChI is InChI=1S/C11H8BrCl2N3/c1-15-11-7(12)5-16-10(17-11)6-3-2-4-8(13)9(6)14/h2-5H,1H3,(H,15,16,17). The average Bonchev–Trinajstić information content (AvgIpc) is 2.34. The van der Waals surface area contributed by atoms with E-state index >= 15 is 0 Å². The Labute approximate surface area is 117 Å². The first-order valence-corrected chi connectivity index (χ1v) is 6.33. The molecule has 0 unspecified atom stereocenters. The summed E-state index contributed by atoms with van der Waals surface area (Å²) in [6.07, 6.45) is 1.67. The fourth-order valence-corrected chi connectivity index (χ4v) is 2.12. The summed E-state index contributed by atoms with van der Waals surface area (Å²) in [6.45, 7) is 0. The van der Waals surface area contributed by atoms with Crippen LogP contribution in [-0.2, 0) is 0 Å². The normalized spacial score (nSPS) is 10.4. The van der Waals surface area contributed by atoms with Crippen LogP contribution in [0.1, 0.15) is 0 Å². The van der Waals surface area contributed by atoms with Gasteiger partial charge in [-0.2, -0.15) is 0 Å². The van der Waals surface area contributed by atoms with Crippen molar-refractivity contribution in [3.63, 3.8) is 0 Å². The van der Waals surface area contributed by atoms with E-state index in [-0.39, 0.29) is 0 Å². The van der Waals surface area contributed by atoms with Crippen LogP contribution in [0, 0.1) is 0 Å².